The van der Waals surface area contributed by atoms with Crippen LogP contribution in [-0.4, -0.2) is 17.9 Å². The molecule has 1 unspecified atom stereocenters. The molecule has 124 valence electrons. The van der Waals surface area contributed by atoms with Crippen LogP contribution in [0.3, 0.4) is 0 Å². The Morgan fingerprint density at radius 3 is 2.61 bits per heavy atom. The zero-order valence-electron chi connectivity index (χ0n) is 14.1. The van der Waals surface area contributed by atoms with Crippen LogP contribution in [0.1, 0.15) is 58.8 Å². The van der Waals surface area contributed by atoms with E-state index in [9.17, 15) is 14.4 Å². The number of allylic oxidation sites excluding steroid dienone is 1. The van der Waals surface area contributed by atoms with Gasteiger partial charge in [-0.25, -0.2) is 0 Å². The van der Waals surface area contributed by atoms with Crippen molar-refractivity contribution in [2.75, 3.05) is 0 Å². The van der Waals surface area contributed by atoms with Crippen molar-refractivity contribution < 1.29 is 14.4 Å². The highest BCUT2D eigenvalue weighted by Crippen LogP contribution is 2.65. The Kier molecular flexibility index (Phi) is 3.24. The predicted molar refractivity (Wildman–Crippen MR) is 86.7 cm³/mol. The van der Waals surface area contributed by atoms with Crippen LogP contribution in [0.2, 0.25) is 0 Å². The Labute approximate surface area is 137 Å². The molecule has 3 fully saturated rings. The first-order chi connectivity index (χ1) is 10.9. The lowest BCUT2D eigenvalue weighted by molar-refractivity contribution is -0.136. The van der Waals surface area contributed by atoms with Gasteiger partial charge < -0.3 is 4.79 Å². The second kappa shape index (κ2) is 4.87. The third kappa shape index (κ3) is 1.85. The molecule has 0 spiro atoms. The minimum absolute atomic E-state index is 0.115. The molecule has 23 heavy (non-hydrogen) atoms. The van der Waals surface area contributed by atoms with E-state index in [0.29, 0.717) is 30.0 Å². The van der Waals surface area contributed by atoms with Gasteiger partial charge in [-0.3, -0.25) is 9.59 Å². The van der Waals surface area contributed by atoms with E-state index in [0.717, 1.165) is 44.8 Å². The van der Waals surface area contributed by atoms with Crippen molar-refractivity contribution in [3.8, 4) is 0 Å². The van der Waals surface area contributed by atoms with Crippen molar-refractivity contribution in [1.82, 2.24) is 0 Å². The fourth-order valence-electron chi connectivity index (χ4n) is 6.65. The van der Waals surface area contributed by atoms with E-state index in [-0.39, 0.29) is 22.5 Å². The zero-order valence-corrected chi connectivity index (χ0v) is 14.1. The van der Waals surface area contributed by atoms with E-state index in [1.165, 1.54) is 5.57 Å². The van der Waals surface area contributed by atoms with Gasteiger partial charge in [-0.15, -0.1) is 0 Å². The Hall–Kier alpha value is -1.25. The molecule has 0 aromatic heterocycles. The number of hydrogen-bond acceptors (Lipinski definition) is 3. The number of Topliss-reactive ketones (excluding diaryl/α,β-unsaturated/α-hetero) is 1. The number of ketones is 2. The van der Waals surface area contributed by atoms with Crippen LogP contribution in [0.4, 0.5) is 0 Å². The summed E-state index contributed by atoms with van der Waals surface area (Å²) in [5.74, 6) is 1.87. The number of fused-ring (bicyclic) bond motifs is 5. The minimum Gasteiger partial charge on any atom is -0.303 e. The Bertz CT molecular complexity index is 618. The first kappa shape index (κ1) is 15.3. The van der Waals surface area contributed by atoms with Crippen molar-refractivity contribution in [2.24, 2.45) is 34.5 Å². The highest BCUT2D eigenvalue weighted by atomic mass is 16.1. The molecule has 4 aliphatic rings. The van der Waals surface area contributed by atoms with E-state index < -0.39 is 0 Å². The molecular formula is C20H26O3. The highest BCUT2D eigenvalue weighted by Gasteiger charge is 2.60. The standard InChI is InChI=1S/C20H26O3/c1-19-8-7-17-15(16(19)5-6-18(19)23)4-3-12-9-14(22)10-13(11-21)20(12,17)2/h9,11,13,15-17H,3-8,10H2,1-2H3/t13?,15-,16-,17-,19-,20+/m0/s1. The lowest BCUT2D eigenvalue weighted by Gasteiger charge is -2.58. The van der Waals surface area contributed by atoms with Gasteiger partial charge in [-0.05, 0) is 55.9 Å². The summed E-state index contributed by atoms with van der Waals surface area (Å²) < 4.78 is 0. The summed E-state index contributed by atoms with van der Waals surface area (Å²) >= 11 is 0. The van der Waals surface area contributed by atoms with Crippen molar-refractivity contribution in [3.63, 3.8) is 0 Å². The van der Waals surface area contributed by atoms with Gasteiger partial charge in [-0.2, -0.15) is 0 Å². The van der Waals surface area contributed by atoms with Crippen molar-refractivity contribution in [1.29, 1.82) is 0 Å². The summed E-state index contributed by atoms with van der Waals surface area (Å²) in [7, 11) is 0. The molecule has 3 heteroatoms. The van der Waals surface area contributed by atoms with E-state index in [4.69, 9.17) is 0 Å². The SMILES string of the molecule is C[C@]12CC[C@H]3[C@@H](CCC4=CC(=O)CC(C=O)[C@@]43C)[C@@H]1CCC2=O. The lowest BCUT2D eigenvalue weighted by atomic mass is 9.45. The van der Waals surface area contributed by atoms with Gasteiger partial charge >= 0.3 is 0 Å². The van der Waals surface area contributed by atoms with E-state index in [2.05, 4.69) is 13.8 Å². The van der Waals surface area contributed by atoms with E-state index in [1.807, 2.05) is 6.08 Å². The molecule has 4 rings (SSSR count). The molecule has 0 amide bonds. The summed E-state index contributed by atoms with van der Waals surface area (Å²) in [5, 5.41) is 0. The number of aldehydes is 1. The summed E-state index contributed by atoms with van der Waals surface area (Å²) in [6.07, 6.45) is 8.98. The van der Waals surface area contributed by atoms with Gasteiger partial charge in [0, 0.05) is 29.6 Å². The number of hydrogen-bond donors (Lipinski definition) is 0. The van der Waals surface area contributed by atoms with Crippen LogP contribution in [0.5, 0.6) is 0 Å². The predicted octanol–water partition coefficient (Wildman–Crippen LogP) is 3.51. The first-order valence-corrected chi connectivity index (χ1v) is 9.13. The largest absolute Gasteiger partial charge is 0.303 e. The maximum absolute atomic E-state index is 12.4. The van der Waals surface area contributed by atoms with Gasteiger partial charge in [0.1, 0.15) is 12.1 Å². The molecule has 6 atom stereocenters. The Balaban J connectivity index is 1.75. The van der Waals surface area contributed by atoms with Crippen LogP contribution >= 0.6 is 0 Å². The summed E-state index contributed by atoms with van der Waals surface area (Å²) in [6.45, 7) is 4.40. The van der Waals surface area contributed by atoms with Crippen LogP contribution in [0.25, 0.3) is 0 Å². The lowest BCUT2D eigenvalue weighted by Crippen LogP contribution is -2.53. The molecule has 0 bridgehead atoms. The van der Waals surface area contributed by atoms with Crippen LogP contribution in [0, 0.1) is 34.5 Å². The third-order valence-corrected chi connectivity index (χ3v) is 8.05. The van der Waals surface area contributed by atoms with Crippen molar-refractivity contribution in [3.05, 3.63) is 11.6 Å². The van der Waals surface area contributed by atoms with Gasteiger partial charge in [0.2, 0.25) is 0 Å². The average Bonchev–Trinajstić information content (AvgIpc) is 2.83. The maximum Gasteiger partial charge on any atom is 0.156 e. The molecular weight excluding hydrogens is 288 g/mol. The maximum atomic E-state index is 12.4. The molecule has 0 aromatic carbocycles. The Morgan fingerprint density at radius 2 is 1.87 bits per heavy atom. The quantitative estimate of drug-likeness (QED) is 0.696. The van der Waals surface area contributed by atoms with Crippen molar-refractivity contribution in [2.45, 2.75) is 58.8 Å². The fourth-order valence-corrected chi connectivity index (χ4v) is 6.65. The zero-order chi connectivity index (χ0) is 16.4. The van der Waals surface area contributed by atoms with E-state index in [1.54, 1.807) is 0 Å². The summed E-state index contributed by atoms with van der Waals surface area (Å²) in [6, 6.07) is 0. The second-order valence-corrected chi connectivity index (χ2v) is 8.70. The summed E-state index contributed by atoms with van der Waals surface area (Å²) in [4.78, 5) is 36.2. The van der Waals surface area contributed by atoms with E-state index >= 15 is 0 Å². The first-order valence-electron chi connectivity index (χ1n) is 9.13. The topological polar surface area (TPSA) is 51.2 Å². The molecule has 0 aliphatic heterocycles. The third-order valence-electron chi connectivity index (χ3n) is 8.05. The molecule has 3 saturated carbocycles. The molecule has 0 radical (unpaired) electrons. The van der Waals surface area contributed by atoms with Gasteiger partial charge in [0.15, 0.2) is 5.78 Å². The minimum atomic E-state index is -0.177. The molecule has 3 nitrogen and oxygen atoms in total. The van der Waals surface area contributed by atoms with Crippen LogP contribution in [0.15, 0.2) is 11.6 Å². The monoisotopic (exact) mass is 314 g/mol. The second-order valence-electron chi connectivity index (χ2n) is 8.70. The van der Waals surface area contributed by atoms with Crippen LogP contribution in [-0.2, 0) is 14.4 Å². The normalized spacial score (nSPS) is 49.0. The molecule has 0 saturated heterocycles. The van der Waals surface area contributed by atoms with Crippen LogP contribution < -0.4 is 0 Å². The molecule has 4 aliphatic carbocycles. The van der Waals surface area contributed by atoms with Gasteiger partial charge in [0.25, 0.3) is 0 Å². The number of carbonyl (C=O) groups excluding carboxylic acids is 3. The number of rotatable bonds is 1. The average molecular weight is 314 g/mol. The number of carbonyl (C=O) groups is 3. The molecule has 0 aromatic rings. The Morgan fingerprint density at radius 1 is 1.09 bits per heavy atom. The molecule has 0 N–H and O–H groups in total. The summed E-state index contributed by atoms with van der Waals surface area (Å²) in [5.41, 5.74) is 0.922. The van der Waals surface area contributed by atoms with Gasteiger partial charge in [-0.1, -0.05) is 19.4 Å². The molecule has 0 heterocycles. The highest BCUT2D eigenvalue weighted by molar-refractivity contribution is 5.94. The van der Waals surface area contributed by atoms with Crippen molar-refractivity contribution >= 4 is 17.9 Å². The van der Waals surface area contributed by atoms with Gasteiger partial charge in [0.05, 0.1) is 0 Å². The smallest absolute Gasteiger partial charge is 0.156 e. The fraction of sp³-hybridized carbons (Fsp3) is 0.750.